The van der Waals surface area contributed by atoms with Crippen molar-refractivity contribution in [1.29, 1.82) is 0 Å². The van der Waals surface area contributed by atoms with Gasteiger partial charge in [0.25, 0.3) is 0 Å². The van der Waals surface area contributed by atoms with E-state index in [-0.39, 0.29) is 6.04 Å². The fraction of sp³-hybridized carbons (Fsp3) is 0.571. The van der Waals surface area contributed by atoms with Gasteiger partial charge in [-0.3, -0.25) is 11.3 Å². The topological polar surface area (TPSA) is 56.5 Å². The molecule has 3 N–H and O–H groups in total. The molecular weight excluding hydrogens is 308 g/mol. The second-order valence-corrected chi connectivity index (χ2v) is 5.93. The van der Waals surface area contributed by atoms with Gasteiger partial charge in [0.2, 0.25) is 0 Å². The van der Waals surface area contributed by atoms with Crippen LogP contribution in [0.1, 0.15) is 18.9 Å². The highest BCUT2D eigenvalue weighted by Gasteiger charge is 2.29. The van der Waals surface area contributed by atoms with Crippen molar-refractivity contribution in [2.75, 3.05) is 13.7 Å². The van der Waals surface area contributed by atoms with Crippen LogP contribution < -0.4 is 16.0 Å². The van der Waals surface area contributed by atoms with Crippen LogP contribution >= 0.6 is 15.9 Å². The Kier molecular flexibility index (Phi) is 5.21. The maximum absolute atomic E-state index is 5.71. The minimum absolute atomic E-state index is 0.216. The quantitative estimate of drug-likeness (QED) is 0.643. The van der Waals surface area contributed by atoms with E-state index in [4.69, 9.17) is 15.3 Å². The summed E-state index contributed by atoms with van der Waals surface area (Å²) in [4.78, 5) is 0. The molecule has 0 radical (unpaired) electrons. The van der Waals surface area contributed by atoms with Gasteiger partial charge in [0, 0.05) is 16.4 Å². The van der Waals surface area contributed by atoms with E-state index in [1.54, 1.807) is 7.11 Å². The van der Waals surface area contributed by atoms with Crippen LogP contribution in [0.15, 0.2) is 22.7 Å². The van der Waals surface area contributed by atoms with Crippen LogP contribution in [0.25, 0.3) is 0 Å². The zero-order chi connectivity index (χ0) is 13.8. The third kappa shape index (κ3) is 3.69. The Bertz CT molecular complexity index is 428. The van der Waals surface area contributed by atoms with Crippen LogP contribution in [0, 0.1) is 5.92 Å². The normalized spacial score (nSPS) is 24.4. The monoisotopic (exact) mass is 328 g/mol. The van der Waals surface area contributed by atoms with Gasteiger partial charge in [0.05, 0.1) is 19.8 Å². The van der Waals surface area contributed by atoms with Crippen LogP contribution in [0.4, 0.5) is 0 Å². The van der Waals surface area contributed by atoms with Crippen molar-refractivity contribution in [3.05, 3.63) is 28.2 Å². The molecule has 1 aromatic carbocycles. The molecule has 3 atom stereocenters. The summed E-state index contributed by atoms with van der Waals surface area (Å²) in [5.74, 6) is 7.04. The molecule has 1 saturated heterocycles. The van der Waals surface area contributed by atoms with Gasteiger partial charge >= 0.3 is 0 Å². The fourth-order valence-electron chi connectivity index (χ4n) is 2.56. The Balaban J connectivity index is 2.09. The zero-order valence-electron chi connectivity index (χ0n) is 11.4. The highest BCUT2D eigenvalue weighted by Crippen LogP contribution is 2.28. The maximum Gasteiger partial charge on any atom is 0.119 e. The lowest BCUT2D eigenvalue weighted by molar-refractivity contribution is 0.117. The Labute approximate surface area is 122 Å². The standard InChI is InChI=1S/C14H21BrN2O2/c1-9-5-11(8-19-9)14(17-16)7-10-6-12(18-2)3-4-13(10)15/h3-4,6,9,11,14,17H,5,7-8,16H2,1-2H3. The highest BCUT2D eigenvalue weighted by atomic mass is 79.9. The molecule has 0 aromatic heterocycles. The van der Waals surface area contributed by atoms with Crippen LogP contribution in [0.3, 0.4) is 0 Å². The lowest BCUT2D eigenvalue weighted by Gasteiger charge is -2.22. The molecule has 2 rings (SSSR count). The zero-order valence-corrected chi connectivity index (χ0v) is 12.9. The first-order valence-corrected chi connectivity index (χ1v) is 7.33. The van der Waals surface area contributed by atoms with Gasteiger partial charge in [0.1, 0.15) is 5.75 Å². The number of hydrogen-bond donors (Lipinski definition) is 2. The fourth-order valence-corrected chi connectivity index (χ4v) is 2.97. The molecule has 1 fully saturated rings. The maximum atomic E-state index is 5.71. The molecule has 1 heterocycles. The van der Waals surface area contributed by atoms with Gasteiger partial charge in [-0.2, -0.15) is 0 Å². The second-order valence-electron chi connectivity index (χ2n) is 5.07. The lowest BCUT2D eigenvalue weighted by Crippen LogP contribution is -2.42. The van der Waals surface area contributed by atoms with Crippen molar-refractivity contribution in [1.82, 2.24) is 5.43 Å². The molecule has 4 nitrogen and oxygen atoms in total. The minimum atomic E-state index is 0.216. The van der Waals surface area contributed by atoms with Gasteiger partial charge in [-0.15, -0.1) is 0 Å². The summed E-state index contributed by atoms with van der Waals surface area (Å²) in [6, 6.07) is 6.22. The highest BCUT2D eigenvalue weighted by molar-refractivity contribution is 9.10. The van der Waals surface area contributed by atoms with E-state index in [1.165, 1.54) is 5.56 Å². The molecule has 0 bridgehead atoms. The summed E-state index contributed by atoms with van der Waals surface area (Å²) in [6.07, 6.45) is 2.24. The number of methoxy groups -OCH3 is 1. The lowest BCUT2D eigenvalue weighted by atomic mass is 9.92. The van der Waals surface area contributed by atoms with E-state index < -0.39 is 0 Å². The van der Waals surface area contributed by atoms with Gasteiger partial charge < -0.3 is 9.47 Å². The molecule has 106 valence electrons. The number of nitrogens with one attached hydrogen (secondary N) is 1. The van der Waals surface area contributed by atoms with Crippen molar-refractivity contribution in [2.45, 2.75) is 31.9 Å². The number of halogens is 1. The molecule has 0 aliphatic carbocycles. The largest absolute Gasteiger partial charge is 0.497 e. The minimum Gasteiger partial charge on any atom is -0.497 e. The summed E-state index contributed by atoms with van der Waals surface area (Å²) in [7, 11) is 1.68. The van der Waals surface area contributed by atoms with Gasteiger partial charge in [0.15, 0.2) is 0 Å². The summed E-state index contributed by atoms with van der Waals surface area (Å²) in [5, 5.41) is 0. The van der Waals surface area contributed by atoms with Crippen LogP contribution in [-0.4, -0.2) is 25.9 Å². The molecule has 19 heavy (non-hydrogen) atoms. The Morgan fingerprint density at radius 3 is 2.95 bits per heavy atom. The molecule has 1 aromatic rings. The molecular formula is C14H21BrN2O2. The molecule has 3 unspecified atom stereocenters. The van der Waals surface area contributed by atoms with Crippen LogP contribution in [0.5, 0.6) is 5.75 Å². The number of benzene rings is 1. The molecule has 0 amide bonds. The molecule has 0 saturated carbocycles. The smallest absolute Gasteiger partial charge is 0.119 e. The number of nitrogens with two attached hydrogens (primary N) is 1. The SMILES string of the molecule is COc1ccc(Br)c(CC(NN)C2COC(C)C2)c1. The van der Waals surface area contributed by atoms with E-state index in [2.05, 4.69) is 28.3 Å². The number of hydrogen-bond acceptors (Lipinski definition) is 4. The number of hydrazine groups is 1. The first-order valence-electron chi connectivity index (χ1n) is 6.54. The number of ether oxygens (including phenoxy) is 2. The van der Waals surface area contributed by atoms with E-state index in [9.17, 15) is 0 Å². The first-order chi connectivity index (χ1) is 9.13. The van der Waals surface area contributed by atoms with E-state index in [0.717, 1.165) is 29.7 Å². The van der Waals surface area contributed by atoms with E-state index in [0.29, 0.717) is 12.0 Å². The first kappa shape index (κ1) is 14.8. The molecule has 1 aliphatic heterocycles. The predicted octanol–water partition coefficient (Wildman–Crippen LogP) is 2.26. The summed E-state index contributed by atoms with van der Waals surface area (Å²) in [5.41, 5.74) is 4.13. The molecule has 5 heteroatoms. The number of rotatable bonds is 5. The van der Waals surface area contributed by atoms with Crippen LogP contribution in [0.2, 0.25) is 0 Å². The van der Waals surface area contributed by atoms with Crippen molar-refractivity contribution < 1.29 is 9.47 Å². The average Bonchev–Trinajstić information content (AvgIpc) is 2.84. The van der Waals surface area contributed by atoms with Gasteiger partial charge in [-0.1, -0.05) is 15.9 Å². The van der Waals surface area contributed by atoms with Crippen molar-refractivity contribution in [3.8, 4) is 5.75 Å². The van der Waals surface area contributed by atoms with Crippen molar-refractivity contribution in [2.24, 2.45) is 11.8 Å². The summed E-state index contributed by atoms with van der Waals surface area (Å²) in [6.45, 7) is 2.88. The van der Waals surface area contributed by atoms with E-state index >= 15 is 0 Å². The average molecular weight is 329 g/mol. The third-order valence-corrected chi connectivity index (χ3v) is 4.48. The summed E-state index contributed by atoms with van der Waals surface area (Å²) < 4.78 is 12.0. The predicted molar refractivity (Wildman–Crippen MR) is 79.0 cm³/mol. The van der Waals surface area contributed by atoms with Crippen molar-refractivity contribution >= 4 is 15.9 Å². The Hall–Kier alpha value is -0.620. The molecule has 1 aliphatic rings. The Morgan fingerprint density at radius 1 is 1.58 bits per heavy atom. The molecule has 0 spiro atoms. The van der Waals surface area contributed by atoms with Gasteiger partial charge in [-0.05, 0) is 43.5 Å². The third-order valence-electron chi connectivity index (χ3n) is 3.71. The Morgan fingerprint density at radius 2 is 2.37 bits per heavy atom. The van der Waals surface area contributed by atoms with Gasteiger partial charge in [-0.25, -0.2) is 0 Å². The van der Waals surface area contributed by atoms with E-state index in [1.807, 2.05) is 18.2 Å². The second kappa shape index (κ2) is 6.70. The van der Waals surface area contributed by atoms with Crippen molar-refractivity contribution in [3.63, 3.8) is 0 Å². The van der Waals surface area contributed by atoms with Crippen LogP contribution in [-0.2, 0) is 11.2 Å². The summed E-state index contributed by atoms with van der Waals surface area (Å²) >= 11 is 3.58.